The lowest BCUT2D eigenvalue weighted by Crippen LogP contribution is -2.46. The van der Waals surface area contributed by atoms with Crippen LogP contribution in [-0.2, 0) is 0 Å². The van der Waals surface area contributed by atoms with Crippen LogP contribution in [-0.4, -0.2) is 42.1 Å². The van der Waals surface area contributed by atoms with Crippen LogP contribution in [0.25, 0.3) is 0 Å². The topological polar surface area (TPSA) is 43.2 Å². The predicted octanol–water partition coefficient (Wildman–Crippen LogP) is 1.69. The monoisotopic (exact) mass is 286 g/mol. The Morgan fingerprint density at radius 2 is 2.06 bits per heavy atom. The maximum absolute atomic E-state index is 8.87. The smallest absolute Gasteiger partial charge is 0.101 e. The quantitative estimate of drug-likeness (QED) is 0.788. The molecule has 0 saturated carbocycles. The molecule has 18 heavy (non-hydrogen) atoms. The zero-order valence-corrected chi connectivity index (χ0v) is 11.6. The van der Waals surface area contributed by atoms with E-state index in [1.54, 1.807) is 6.20 Å². The van der Waals surface area contributed by atoms with Crippen LogP contribution in [0, 0.1) is 11.3 Å². The van der Waals surface area contributed by atoms with Crippen molar-refractivity contribution in [2.75, 3.05) is 31.1 Å². The molecule has 1 aromatic heterocycles. The van der Waals surface area contributed by atoms with Crippen molar-refractivity contribution in [2.45, 2.75) is 12.5 Å². The first-order chi connectivity index (χ1) is 7.86. The van der Waals surface area contributed by atoms with Gasteiger partial charge in [-0.2, -0.15) is 5.26 Å². The van der Waals surface area contributed by atoms with Crippen LogP contribution >= 0.6 is 24.8 Å². The molecule has 2 unspecified atom stereocenters. The molecule has 1 aromatic rings. The van der Waals surface area contributed by atoms with E-state index in [9.17, 15) is 0 Å². The molecule has 98 valence electrons. The summed E-state index contributed by atoms with van der Waals surface area (Å²) in [5.41, 5.74) is 1.75. The lowest BCUT2D eigenvalue weighted by Gasteiger charge is -2.35. The molecule has 2 atom stereocenters. The zero-order valence-electron chi connectivity index (χ0n) is 9.95. The number of fused-ring (bicyclic) bond motifs is 2. The normalized spacial score (nSPS) is 24.7. The van der Waals surface area contributed by atoms with E-state index in [0.29, 0.717) is 11.6 Å². The second-order valence-corrected chi connectivity index (χ2v) is 4.48. The summed E-state index contributed by atoms with van der Waals surface area (Å²) >= 11 is 0. The van der Waals surface area contributed by atoms with E-state index in [0.717, 1.165) is 25.3 Å². The van der Waals surface area contributed by atoms with Crippen molar-refractivity contribution in [3.8, 4) is 6.07 Å². The SMILES string of the molecule is Cl.Cl.N#Cc1cncc(N2CCN3CCC2C3)c1. The summed E-state index contributed by atoms with van der Waals surface area (Å²) in [6, 6.07) is 4.71. The molecule has 0 N–H and O–H groups in total. The van der Waals surface area contributed by atoms with Gasteiger partial charge in [-0.1, -0.05) is 0 Å². The second-order valence-electron chi connectivity index (χ2n) is 4.48. The number of nitriles is 1. The van der Waals surface area contributed by atoms with Crippen LogP contribution in [0.4, 0.5) is 5.69 Å². The third-order valence-electron chi connectivity index (χ3n) is 3.53. The van der Waals surface area contributed by atoms with Crippen molar-refractivity contribution >= 4 is 30.5 Å². The van der Waals surface area contributed by atoms with E-state index in [1.807, 2.05) is 12.3 Å². The fraction of sp³-hybridized carbons (Fsp3) is 0.500. The molecule has 2 aliphatic heterocycles. The first-order valence-corrected chi connectivity index (χ1v) is 5.71. The number of hydrogen-bond donors (Lipinski definition) is 0. The molecular weight excluding hydrogens is 271 g/mol. The molecule has 2 fully saturated rings. The molecular formula is C12H16Cl2N4. The molecule has 2 saturated heterocycles. The highest BCUT2D eigenvalue weighted by atomic mass is 35.5. The Kier molecular flexibility index (Phi) is 5.21. The van der Waals surface area contributed by atoms with Gasteiger partial charge >= 0.3 is 0 Å². The Bertz CT molecular complexity index is 446. The summed E-state index contributed by atoms with van der Waals surface area (Å²) in [7, 11) is 0. The van der Waals surface area contributed by atoms with Crippen LogP contribution in [0.1, 0.15) is 12.0 Å². The number of nitrogens with zero attached hydrogens (tertiary/aromatic N) is 4. The summed E-state index contributed by atoms with van der Waals surface area (Å²) in [5.74, 6) is 0. The Hall–Kier alpha value is -1.02. The summed E-state index contributed by atoms with van der Waals surface area (Å²) in [6.45, 7) is 4.57. The minimum Gasteiger partial charge on any atom is -0.365 e. The third kappa shape index (κ3) is 2.69. The maximum atomic E-state index is 8.87. The minimum atomic E-state index is 0. The highest BCUT2D eigenvalue weighted by Crippen LogP contribution is 2.26. The number of rotatable bonds is 1. The number of piperazine rings is 1. The van der Waals surface area contributed by atoms with Gasteiger partial charge in [0.2, 0.25) is 0 Å². The van der Waals surface area contributed by atoms with Gasteiger partial charge in [0, 0.05) is 38.4 Å². The molecule has 3 heterocycles. The Labute approximate surface area is 119 Å². The number of anilines is 1. The lowest BCUT2D eigenvalue weighted by molar-refractivity contribution is 0.310. The molecule has 6 heteroatoms. The van der Waals surface area contributed by atoms with Crippen molar-refractivity contribution < 1.29 is 0 Å². The molecule has 0 aliphatic carbocycles. The van der Waals surface area contributed by atoms with E-state index >= 15 is 0 Å². The van der Waals surface area contributed by atoms with Gasteiger partial charge in [-0.15, -0.1) is 24.8 Å². The number of pyridine rings is 1. The zero-order chi connectivity index (χ0) is 11.0. The van der Waals surface area contributed by atoms with Crippen molar-refractivity contribution in [3.05, 3.63) is 24.0 Å². The Morgan fingerprint density at radius 3 is 2.83 bits per heavy atom. The molecule has 4 nitrogen and oxygen atoms in total. The lowest BCUT2D eigenvalue weighted by atomic mass is 10.1. The van der Waals surface area contributed by atoms with Gasteiger partial charge in [0.15, 0.2) is 0 Å². The molecule has 0 amide bonds. The summed E-state index contributed by atoms with van der Waals surface area (Å²) in [6.07, 6.45) is 4.72. The standard InChI is InChI=1S/C12H14N4.2ClH/c13-6-10-5-12(8-14-7-10)16-4-3-15-2-1-11(16)9-15;;/h5,7-8,11H,1-4,9H2;2*1H. The van der Waals surface area contributed by atoms with Crippen molar-refractivity contribution in [1.29, 1.82) is 5.26 Å². The van der Waals surface area contributed by atoms with E-state index in [4.69, 9.17) is 5.26 Å². The van der Waals surface area contributed by atoms with Crippen molar-refractivity contribution in [2.24, 2.45) is 0 Å². The van der Waals surface area contributed by atoms with Gasteiger partial charge in [-0.25, -0.2) is 0 Å². The average molecular weight is 287 g/mol. The molecule has 2 bridgehead atoms. The summed E-state index contributed by atoms with van der Waals surface area (Å²) in [4.78, 5) is 9.04. The van der Waals surface area contributed by atoms with E-state index in [2.05, 4.69) is 20.9 Å². The number of hydrogen-bond acceptors (Lipinski definition) is 4. The van der Waals surface area contributed by atoms with Gasteiger partial charge < -0.3 is 4.90 Å². The Morgan fingerprint density at radius 1 is 1.22 bits per heavy atom. The van der Waals surface area contributed by atoms with Crippen LogP contribution in [0.5, 0.6) is 0 Å². The Balaban J connectivity index is 0.000000810. The highest BCUT2D eigenvalue weighted by Gasteiger charge is 2.32. The predicted molar refractivity (Wildman–Crippen MR) is 75.6 cm³/mol. The van der Waals surface area contributed by atoms with E-state index < -0.39 is 0 Å². The second kappa shape index (κ2) is 6.24. The molecule has 0 aromatic carbocycles. The van der Waals surface area contributed by atoms with Gasteiger partial charge in [0.25, 0.3) is 0 Å². The van der Waals surface area contributed by atoms with E-state index in [-0.39, 0.29) is 24.8 Å². The first kappa shape index (κ1) is 15.0. The first-order valence-electron chi connectivity index (χ1n) is 5.71. The van der Waals surface area contributed by atoms with Crippen LogP contribution in [0.15, 0.2) is 18.5 Å². The van der Waals surface area contributed by atoms with Gasteiger partial charge in [-0.05, 0) is 12.5 Å². The van der Waals surface area contributed by atoms with Gasteiger partial charge in [0.05, 0.1) is 17.4 Å². The number of aromatic nitrogens is 1. The van der Waals surface area contributed by atoms with Gasteiger partial charge in [-0.3, -0.25) is 9.88 Å². The molecule has 0 radical (unpaired) electrons. The molecule has 3 rings (SSSR count). The average Bonchev–Trinajstić information content (AvgIpc) is 2.71. The number of halogens is 2. The van der Waals surface area contributed by atoms with Gasteiger partial charge in [0.1, 0.15) is 6.07 Å². The highest BCUT2D eigenvalue weighted by molar-refractivity contribution is 5.85. The fourth-order valence-electron chi connectivity index (χ4n) is 2.69. The van der Waals surface area contributed by atoms with Crippen LogP contribution in [0.3, 0.4) is 0 Å². The largest absolute Gasteiger partial charge is 0.365 e. The molecule has 2 aliphatic rings. The van der Waals surface area contributed by atoms with E-state index in [1.165, 1.54) is 13.0 Å². The summed E-state index contributed by atoms with van der Waals surface area (Å²) in [5, 5.41) is 8.87. The minimum absolute atomic E-state index is 0. The maximum Gasteiger partial charge on any atom is 0.101 e. The van der Waals surface area contributed by atoms with Crippen LogP contribution in [0.2, 0.25) is 0 Å². The third-order valence-corrected chi connectivity index (χ3v) is 3.53. The molecule has 0 spiro atoms. The van der Waals surface area contributed by atoms with Crippen molar-refractivity contribution in [3.63, 3.8) is 0 Å². The fourth-order valence-corrected chi connectivity index (χ4v) is 2.69. The summed E-state index contributed by atoms with van der Waals surface area (Å²) < 4.78 is 0. The van der Waals surface area contributed by atoms with Crippen molar-refractivity contribution in [1.82, 2.24) is 9.88 Å². The van der Waals surface area contributed by atoms with Crippen LogP contribution < -0.4 is 4.90 Å².